The second kappa shape index (κ2) is 11.6. The Kier molecular flexibility index (Phi) is 8.81. The maximum Gasteiger partial charge on any atom is 0.410 e. The molecule has 0 unspecified atom stereocenters. The van der Waals surface area contributed by atoms with E-state index in [1.54, 1.807) is 4.90 Å². The van der Waals surface area contributed by atoms with Crippen molar-refractivity contribution < 1.29 is 19.4 Å². The zero-order valence-corrected chi connectivity index (χ0v) is 26.1. The van der Waals surface area contributed by atoms with Gasteiger partial charge in [-0.1, -0.05) is 26.8 Å². The fourth-order valence-corrected chi connectivity index (χ4v) is 6.23. The lowest BCUT2D eigenvalue weighted by Crippen LogP contribution is -2.42. The van der Waals surface area contributed by atoms with Crippen LogP contribution in [-0.2, 0) is 17.7 Å². The van der Waals surface area contributed by atoms with Crippen molar-refractivity contribution >= 4 is 28.8 Å². The Morgan fingerprint density at radius 2 is 1.85 bits per heavy atom. The molecular formula is C32H45N3O4S. The lowest BCUT2D eigenvalue weighted by Gasteiger charge is -2.28. The van der Waals surface area contributed by atoms with Crippen LogP contribution in [0.15, 0.2) is 47.5 Å². The molecule has 1 aliphatic heterocycles. The molecule has 7 nitrogen and oxygen atoms in total. The Balaban J connectivity index is 1.69. The molecule has 4 rings (SSSR count). The average molecular weight is 568 g/mol. The van der Waals surface area contributed by atoms with Crippen molar-refractivity contribution in [2.75, 3.05) is 13.2 Å². The van der Waals surface area contributed by atoms with Crippen LogP contribution < -0.4 is 4.74 Å². The molecular weight excluding hydrogens is 522 g/mol. The van der Waals surface area contributed by atoms with Gasteiger partial charge in [0.1, 0.15) is 18.0 Å². The minimum Gasteiger partial charge on any atom is -0.491 e. The molecule has 0 spiro atoms. The Morgan fingerprint density at radius 3 is 2.48 bits per heavy atom. The highest BCUT2D eigenvalue weighted by molar-refractivity contribution is 8.00. The van der Waals surface area contributed by atoms with Gasteiger partial charge >= 0.3 is 6.09 Å². The fourth-order valence-electron chi connectivity index (χ4n) is 5.05. The third kappa shape index (κ3) is 7.94. The Labute approximate surface area is 243 Å². The molecule has 218 valence electrons. The van der Waals surface area contributed by atoms with Gasteiger partial charge in [-0.15, -0.1) is 11.8 Å². The summed E-state index contributed by atoms with van der Waals surface area (Å²) in [5.74, 6) is 0.768. The van der Waals surface area contributed by atoms with Gasteiger partial charge in [0.05, 0.1) is 29.4 Å². The highest BCUT2D eigenvalue weighted by Gasteiger charge is 2.33. The second-order valence-corrected chi connectivity index (χ2v) is 15.2. The molecule has 0 saturated carbocycles. The highest BCUT2D eigenvalue weighted by Crippen LogP contribution is 2.43. The minimum atomic E-state index is -0.879. The van der Waals surface area contributed by atoms with Gasteiger partial charge in [0.15, 0.2) is 0 Å². The summed E-state index contributed by atoms with van der Waals surface area (Å²) in [5.41, 5.74) is 1.74. The first kappa shape index (κ1) is 30.3. The topological polar surface area (TPSA) is 76.8 Å². The van der Waals surface area contributed by atoms with E-state index in [2.05, 4.69) is 42.5 Å². The lowest BCUT2D eigenvalue weighted by molar-refractivity contribution is 0.0187. The molecule has 3 aromatic rings. The molecule has 1 aromatic carbocycles. The normalized spacial score (nSPS) is 16.5. The molecule has 40 heavy (non-hydrogen) atoms. The molecule has 0 radical (unpaired) electrons. The van der Waals surface area contributed by atoms with Gasteiger partial charge in [0.2, 0.25) is 0 Å². The van der Waals surface area contributed by atoms with E-state index in [1.807, 2.05) is 76.8 Å². The summed E-state index contributed by atoms with van der Waals surface area (Å²) in [4.78, 5) is 20.3. The van der Waals surface area contributed by atoms with Gasteiger partial charge in [0, 0.05) is 39.9 Å². The monoisotopic (exact) mass is 567 g/mol. The number of nitrogens with zero attached hydrogens (tertiary/aromatic N) is 3. The van der Waals surface area contributed by atoms with Crippen LogP contribution in [0.25, 0.3) is 10.9 Å². The van der Waals surface area contributed by atoms with E-state index >= 15 is 0 Å². The van der Waals surface area contributed by atoms with Crippen molar-refractivity contribution in [3.8, 4) is 5.75 Å². The summed E-state index contributed by atoms with van der Waals surface area (Å²) in [6.45, 7) is 17.7. The van der Waals surface area contributed by atoms with Crippen LogP contribution in [0.1, 0.15) is 79.6 Å². The van der Waals surface area contributed by atoms with E-state index in [1.165, 1.54) is 0 Å². The third-order valence-electron chi connectivity index (χ3n) is 6.59. The van der Waals surface area contributed by atoms with Gasteiger partial charge in [-0.05, 0) is 77.8 Å². The molecule has 1 amide bonds. The lowest BCUT2D eigenvalue weighted by atomic mass is 10.0. The summed E-state index contributed by atoms with van der Waals surface area (Å²) in [6, 6.07) is 12.2. The first-order chi connectivity index (χ1) is 18.6. The molecule has 1 aliphatic rings. The van der Waals surface area contributed by atoms with Crippen LogP contribution in [0.2, 0.25) is 0 Å². The van der Waals surface area contributed by atoms with E-state index in [0.29, 0.717) is 26.1 Å². The Morgan fingerprint density at radius 1 is 1.10 bits per heavy atom. The van der Waals surface area contributed by atoms with E-state index in [4.69, 9.17) is 9.47 Å². The van der Waals surface area contributed by atoms with Crippen LogP contribution in [0, 0.1) is 0 Å². The Bertz CT molecular complexity index is 1320. The number of rotatable bonds is 8. The Hall–Kier alpha value is -2.71. The molecule has 0 aliphatic carbocycles. The number of amides is 1. The fraction of sp³-hybridized carbons (Fsp3) is 0.562. The molecule has 2 aromatic heterocycles. The van der Waals surface area contributed by atoms with Crippen LogP contribution in [0.4, 0.5) is 4.79 Å². The highest BCUT2D eigenvalue weighted by atomic mass is 32.2. The van der Waals surface area contributed by atoms with E-state index < -0.39 is 11.2 Å². The van der Waals surface area contributed by atoms with Gasteiger partial charge in [-0.2, -0.15) is 0 Å². The number of ether oxygens (including phenoxy) is 2. The summed E-state index contributed by atoms with van der Waals surface area (Å²) in [6.07, 6.45) is 3.88. The average Bonchev–Trinajstić information content (AvgIpc) is 3.40. The first-order valence-electron chi connectivity index (χ1n) is 14.2. The van der Waals surface area contributed by atoms with Gasteiger partial charge in [0.25, 0.3) is 0 Å². The van der Waals surface area contributed by atoms with E-state index in [-0.39, 0.29) is 16.9 Å². The quantitative estimate of drug-likeness (QED) is 0.294. The summed E-state index contributed by atoms with van der Waals surface area (Å²) in [7, 11) is 0. The number of thioether (sulfide) groups is 1. The largest absolute Gasteiger partial charge is 0.491 e. The van der Waals surface area contributed by atoms with Crippen molar-refractivity contribution in [3.05, 3.63) is 54.0 Å². The molecule has 1 N–H and O–H groups in total. The number of hydrogen-bond donors (Lipinski definition) is 1. The molecule has 8 heteroatoms. The van der Waals surface area contributed by atoms with Gasteiger partial charge < -0.3 is 24.0 Å². The molecule has 3 heterocycles. The van der Waals surface area contributed by atoms with Crippen LogP contribution in [0.3, 0.4) is 0 Å². The molecule has 1 fully saturated rings. The van der Waals surface area contributed by atoms with Crippen molar-refractivity contribution in [1.29, 1.82) is 0 Å². The van der Waals surface area contributed by atoms with Crippen molar-refractivity contribution in [3.63, 3.8) is 0 Å². The number of fused-ring (bicyclic) bond motifs is 1. The minimum absolute atomic E-state index is 0.0199. The maximum absolute atomic E-state index is 12.8. The summed E-state index contributed by atoms with van der Waals surface area (Å²) >= 11 is 1.81. The molecule has 0 bridgehead atoms. The maximum atomic E-state index is 12.8. The second-order valence-electron chi connectivity index (χ2n) is 13.3. The number of carbonyl (C=O) groups excluding carboxylic acids is 1. The predicted molar refractivity (Wildman–Crippen MR) is 162 cm³/mol. The number of aliphatic hydroxyl groups is 1. The summed E-state index contributed by atoms with van der Waals surface area (Å²) in [5, 5.41) is 12.0. The zero-order chi connectivity index (χ0) is 29.3. The zero-order valence-electron chi connectivity index (χ0n) is 25.3. The van der Waals surface area contributed by atoms with Gasteiger partial charge in [-0.3, -0.25) is 4.98 Å². The van der Waals surface area contributed by atoms with Crippen LogP contribution >= 0.6 is 11.8 Å². The standard InChI is InChI=1S/C32H45N3O4S/c1-30(2,3)39-29(36)34-17-11-13-23(34)21-38-24-14-15-26-25(18-24)28(40-31(4,5)6)27(19-32(7,8)37)35(26)20-22-12-9-10-16-33-22/h9-10,12,14-16,18,23,37H,11,13,17,19-21H2,1-8H3/t23-/m1/s1. The van der Waals surface area contributed by atoms with Gasteiger partial charge in [-0.25, -0.2) is 4.79 Å². The van der Waals surface area contributed by atoms with Crippen LogP contribution in [0.5, 0.6) is 5.75 Å². The van der Waals surface area contributed by atoms with Crippen molar-refractivity contribution in [2.45, 2.75) is 108 Å². The van der Waals surface area contributed by atoms with E-state index in [0.717, 1.165) is 45.8 Å². The van der Waals surface area contributed by atoms with Crippen molar-refractivity contribution in [1.82, 2.24) is 14.5 Å². The smallest absolute Gasteiger partial charge is 0.410 e. The third-order valence-corrected chi connectivity index (χ3v) is 7.87. The summed E-state index contributed by atoms with van der Waals surface area (Å²) < 4.78 is 14.2. The van der Waals surface area contributed by atoms with E-state index in [9.17, 15) is 9.90 Å². The number of pyridine rings is 1. The van der Waals surface area contributed by atoms with Crippen molar-refractivity contribution in [2.24, 2.45) is 0 Å². The predicted octanol–water partition coefficient (Wildman–Crippen LogP) is 7.07. The SMILES string of the molecule is CC(C)(O)Cc1c(SC(C)(C)C)c2cc(OC[C@H]3CCCN3C(=O)OC(C)(C)C)ccc2n1Cc1ccccn1. The molecule has 1 saturated heterocycles. The number of carbonyl (C=O) groups is 1. The molecule has 1 atom stereocenters. The number of aromatic nitrogens is 2. The number of hydrogen-bond acceptors (Lipinski definition) is 6. The van der Waals surface area contributed by atoms with Crippen LogP contribution in [-0.4, -0.2) is 60.8 Å². The first-order valence-corrected chi connectivity index (χ1v) is 15.0. The number of likely N-dealkylation sites (tertiary alicyclic amines) is 1. The number of benzene rings is 1.